The first-order chi connectivity index (χ1) is 15.1. The molecule has 1 saturated carbocycles. The van der Waals surface area contributed by atoms with Gasteiger partial charge in [0.2, 0.25) is 5.82 Å². The lowest BCUT2D eigenvalue weighted by Crippen LogP contribution is -2.45. The van der Waals surface area contributed by atoms with Crippen molar-refractivity contribution in [1.29, 1.82) is 0 Å². The van der Waals surface area contributed by atoms with Gasteiger partial charge in [-0.2, -0.15) is 13.2 Å². The Kier molecular flexibility index (Phi) is 5.56. The summed E-state index contributed by atoms with van der Waals surface area (Å²) >= 11 is 0. The molecule has 0 bridgehead atoms. The van der Waals surface area contributed by atoms with Gasteiger partial charge in [-0.3, -0.25) is 14.9 Å². The number of aromatic nitrogens is 1. The van der Waals surface area contributed by atoms with Crippen molar-refractivity contribution >= 4 is 23.1 Å². The zero-order valence-electron chi connectivity index (χ0n) is 17.5. The van der Waals surface area contributed by atoms with Crippen molar-refractivity contribution in [3.8, 4) is 0 Å². The molecule has 2 aromatic rings. The van der Waals surface area contributed by atoms with E-state index >= 15 is 0 Å². The fraction of sp³-hybridized carbons (Fsp3) is 0.455. The topological polar surface area (TPSA) is 88.4 Å². The highest BCUT2D eigenvalue weighted by Crippen LogP contribution is 2.51. The van der Waals surface area contributed by atoms with E-state index in [0.29, 0.717) is 30.6 Å². The first-order valence-corrected chi connectivity index (χ1v) is 10.4. The molecule has 1 aromatic carbocycles. The Morgan fingerprint density at radius 2 is 1.97 bits per heavy atom. The zero-order valence-corrected chi connectivity index (χ0v) is 17.5. The third-order valence-electron chi connectivity index (χ3n) is 6.64. The largest absolute Gasteiger partial charge is 0.471 e. The van der Waals surface area contributed by atoms with E-state index in [1.54, 1.807) is 31.2 Å². The summed E-state index contributed by atoms with van der Waals surface area (Å²) in [6.07, 6.45) is -0.663. The van der Waals surface area contributed by atoms with Gasteiger partial charge in [-0.05, 0) is 56.2 Å². The van der Waals surface area contributed by atoms with E-state index in [0.717, 1.165) is 23.3 Å². The number of fused-ring (bicyclic) bond motifs is 2. The van der Waals surface area contributed by atoms with Gasteiger partial charge in [0, 0.05) is 36.0 Å². The predicted molar refractivity (Wildman–Crippen MR) is 113 cm³/mol. The Labute approximate surface area is 182 Å². The number of rotatable bonds is 4. The van der Waals surface area contributed by atoms with E-state index < -0.39 is 22.4 Å². The minimum Gasteiger partial charge on any atom is -0.364 e. The third kappa shape index (κ3) is 3.89. The maximum absolute atomic E-state index is 13.1. The second-order valence-corrected chi connectivity index (χ2v) is 8.59. The second kappa shape index (κ2) is 8.07. The summed E-state index contributed by atoms with van der Waals surface area (Å²) in [6, 6.07) is 8.41. The molecule has 10 heteroatoms. The number of anilines is 2. The van der Waals surface area contributed by atoms with Crippen LogP contribution in [0.1, 0.15) is 36.8 Å². The van der Waals surface area contributed by atoms with E-state index in [1.165, 1.54) is 6.20 Å². The van der Waals surface area contributed by atoms with Gasteiger partial charge in [0.05, 0.1) is 4.92 Å². The number of hydrogen-bond acceptors (Lipinski definition) is 5. The molecule has 32 heavy (non-hydrogen) atoms. The number of pyridine rings is 1. The Balaban J connectivity index is 1.46. The van der Waals surface area contributed by atoms with Crippen LogP contribution in [0.3, 0.4) is 0 Å². The average molecular weight is 448 g/mol. The number of nitrogens with zero attached hydrogens (tertiary/aromatic N) is 3. The van der Waals surface area contributed by atoms with Gasteiger partial charge in [-0.25, -0.2) is 4.98 Å². The quantitative estimate of drug-likeness (QED) is 0.539. The van der Waals surface area contributed by atoms with Crippen LogP contribution in [0.25, 0.3) is 0 Å². The van der Waals surface area contributed by atoms with Gasteiger partial charge < -0.3 is 10.2 Å². The third-order valence-corrected chi connectivity index (χ3v) is 6.64. The number of carbonyl (C=O) groups excluding carboxylic acids is 1. The number of nitro groups is 1. The molecule has 1 aromatic heterocycles. The van der Waals surface area contributed by atoms with Gasteiger partial charge in [-0.1, -0.05) is 18.2 Å². The maximum atomic E-state index is 13.1. The van der Waals surface area contributed by atoms with E-state index in [2.05, 4.69) is 10.3 Å². The molecule has 4 rings (SSSR count). The van der Waals surface area contributed by atoms with Crippen molar-refractivity contribution in [3.05, 3.63) is 57.8 Å². The minimum atomic E-state index is -4.92. The van der Waals surface area contributed by atoms with Gasteiger partial charge in [0.25, 0.3) is 0 Å². The summed E-state index contributed by atoms with van der Waals surface area (Å²) in [6.45, 7) is 2.16. The molecule has 7 nitrogen and oxygen atoms in total. The van der Waals surface area contributed by atoms with Crippen LogP contribution >= 0.6 is 0 Å². The molecular formula is C22H23F3N4O3. The Hall–Kier alpha value is -3.17. The van der Waals surface area contributed by atoms with Crippen LogP contribution in [0.15, 0.2) is 36.5 Å². The number of aryl methyl sites for hydroxylation is 1. The smallest absolute Gasteiger partial charge is 0.364 e. The van der Waals surface area contributed by atoms with Crippen LogP contribution in [0.5, 0.6) is 0 Å². The van der Waals surface area contributed by atoms with E-state index in [9.17, 15) is 28.1 Å². The highest BCUT2D eigenvalue weighted by atomic mass is 19.4. The summed E-state index contributed by atoms with van der Waals surface area (Å²) in [5.74, 6) is -1.41. The lowest BCUT2D eigenvalue weighted by Gasteiger charge is -2.38. The molecule has 1 aliphatic carbocycles. The molecule has 0 radical (unpaired) electrons. The molecule has 2 aliphatic rings. The lowest BCUT2D eigenvalue weighted by atomic mass is 9.67. The summed E-state index contributed by atoms with van der Waals surface area (Å²) in [4.78, 5) is 27.9. The molecule has 0 atom stereocenters. The van der Waals surface area contributed by atoms with Crippen LogP contribution in [-0.4, -0.2) is 35.1 Å². The van der Waals surface area contributed by atoms with Crippen LogP contribution in [-0.2, 0) is 10.2 Å². The molecule has 1 N–H and O–H groups in total. The van der Waals surface area contributed by atoms with Gasteiger partial charge in [0.15, 0.2) is 0 Å². The van der Waals surface area contributed by atoms with Crippen LogP contribution in [0.4, 0.5) is 30.4 Å². The monoisotopic (exact) mass is 448 g/mol. The SMILES string of the molecule is Cc1ccnc(NCC2CCC3(CC2)CN(C(=O)C(F)(F)F)c2ccccc23)c1[N+](=O)[O-]. The molecule has 1 fully saturated rings. The Morgan fingerprint density at radius 3 is 2.62 bits per heavy atom. The summed E-state index contributed by atoms with van der Waals surface area (Å²) < 4.78 is 39.4. The minimum absolute atomic E-state index is 0.0236. The first-order valence-electron chi connectivity index (χ1n) is 10.4. The number of para-hydroxylation sites is 1. The molecule has 170 valence electrons. The van der Waals surface area contributed by atoms with Crippen LogP contribution < -0.4 is 10.2 Å². The normalized spacial score (nSPS) is 22.6. The lowest BCUT2D eigenvalue weighted by molar-refractivity contribution is -0.384. The summed E-state index contributed by atoms with van der Waals surface area (Å²) in [7, 11) is 0. The van der Waals surface area contributed by atoms with Crippen molar-refractivity contribution in [1.82, 2.24) is 4.98 Å². The van der Waals surface area contributed by atoms with Crippen molar-refractivity contribution in [2.75, 3.05) is 23.3 Å². The van der Waals surface area contributed by atoms with Crippen molar-refractivity contribution in [2.45, 2.75) is 44.2 Å². The molecule has 0 unspecified atom stereocenters. The Morgan fingerprint density at radius 1 is 1.28 bits per heavy atom. The van der Waals surface area contributed by atoms with Crippen LogP contribution in [0, 0.1) is 23.0 Å². The fourth-order valence-electron chi connectivity index (χ4n) is 4.98. The average Bonchev–Trinajstić information content (AvgIpc) is 3.06. The number of carbonyl (C=O) groups is 1. The standard InChI is InChI=1S/C22H23F3N4O3/c1-14-8-11-26-19(18(14)29(31)32)27-12-15-6-9-21(10-7-15)13-28(20(30)22(23,24)25)17-5-3-2-4-16(17)21/h2-5,8,11,15H,6-7,9-10,12-13H2,1H3,(H,26,27). The molecule has 0 saturated heterocycles. The number of benzene rings is 1. The predicted octanol–water partition coefficient (Wildman–Crippen LogP) is 4.75. The summed E-state index contributed by atoms with van der Waals surface area (Å²) in [5.41, 5.74) is 1.10. The molecule has 1 amide bonds. The molecule has 2 heterocycles. The second-order valence-electron chi connectivity index (χ2n) is 8.59. The van der Waals surface area contributed by atoms with E-state index in [1.807, 2.05) is 6.07 Å². The highest BCUT2D eigenvalue weighted by Gasteiger charge is 2.52. The van der Waals surface area contributed by atoms with Crippen molar-refractivity contribution in [3.63, 3.8) is 0 Å². The van der Waals surface area contributed by atoms with Crippen LogP contribution in [0.2, 0.25) is 0 Å². The van der Waals surface area contributed by atoms with E-state index in [-0.39, 0.29) is 24.0 Å². The number of nitrogens with one attached hydrogen (secondary N) is 1. The molecule has 1 spiro atoms. The van der Waals surface area contributed by atoms with E-state index in [4.69, 9.17) is 0 Å². The zero-order chi connectivity index (χ0) is 23.1. The Bertz CT molecular complexity index is 1050. The summed E-state index contributed by atoms with van der Waals surface area (Å²) in [5, 5.41) is 14.4. The number of halogens is 3. The molecular weight excluding hydrogens is 425 g/mol. The number of alkyl halides is 3. The van der Waals surface area contributed by atoms with Gasteiger partial charge in [-0.15, -0.1) is 0 Å². The van der Waals surface area contributed by atoms with Gasteiger partial charge in [0.1, 0.15) is 0 Å². The number of amides is 1. The highest BCUT2D eigenvalue weighted by molar-refractivity contribution is 5.99. The van der Waals surface area contributed by atoms with Crippen molar-refractivity contribution in [2.24, 2.45) is 5.92 Å². The first kappa shape index (κ1) is 22.0. The maximum Gasteiger partial charge on any atom is 0.471 e. The van der Waals surface area contributed by atoms with Crippen molar-refractivity contribution < 1.29 is 22.9 Å². The fourth-order valence-corrected chi connectivity index (χ4v) is 4.98. The van der Waals surface area contributed by atoms with Gasteiger partial charge >= 0.3 is 17.8 Å². The number of hydrogen-bond donors (Lipinski definition) is 1. The molecule has 1 aliphatic heterocycles.